The number of nitrogens with one attached hydrogen (secondary N) is 2. The summed E-state index contributed by atoms with van der Waals surface area (Å²) in [5.41, 5.74) is 1.27. The van der Waals surface area contributed by atoms with E-state index in [0.717, 1.165) is 43.6 Å². The van der Waals surface area contributed by atoms with Crippen LogP contribution in [0, 0.1) is 5.92 Å². The van der Waals surface area contributed by atoms with E-state index in [1.807, 2.05) is 7.05 Å². The number of anilines is 1. The highest BCUT2D eigenvalue weighted by Gasteiger charge is 2.43. The van der Waals surface area contributed by atoms with Crippen LogP contribution in [0.3, 0.4) is 0 Å². The number of pyridine rings is 1. The summed E-state index contributed by atoms with van der Waals surface area (Å²) >= 11 is 0. The highest BCUT2D eigenvalue weighted by Crippen LogP contribution is 2.36. The number of aromatic nitrogens is 1. The van der Waals surface area contributed by atoms with E-state index in [9.17, 15) is 9.59 Å². The largest absolute Gasteiger partial charge is 0.355 e. The molecule has 9 nitrogen and oxygen atoms in total. The number of rotatable bonds is 3. The molecular weight excluding hydrogens is 406 g/mol. The van der Waals surface area contributed by atoms with Crippen LogP contribution in [0.15, 0.2) is 40.2 Å². The van der Waals surface area contributed by atoms with Crippen LogP contribution in [-0.2, 0) is 4.79 Å². The Balaban J connectivity index is 1.50. The third-order valence-electron chi connectivity index (χ3n) is 6.95. The van der Waals surface area contributed by atoms with Crippen molar-refractivity contribution in [1.29, 1.82) is 0 Å². The molecule has 4 aliphatic rings. The summed E-state index contributed by atoms with van der Waals surface area (Å²) in [6.07, 6.45) is 10.6. The van der Waals surface area contributed by atoms with Gasteiger partial charge in [0, 0.05) is 26.3 Å². The summed E-state index contributed by atoms with van der Waals surface area (Å²) in [5, 5.41) is 5.94. The zero-order chi connectivity index (χ0) is 22.2. The Bertz CT molecular complexity index is 1010. The Hall–Kier alpha value is -3.23. The van der Waals surface area contributed by atoms with Gasteiger partial charge in [-0.1, -0.05) is 19.3 Å². The average Bonchev–Trinajstić information content (AvgIpc) is 3.49. The van der Waals surface area contributed by atoms with E-state index in [0.29, 0.717) is 17.3 Å². The molecule has 2 amide bonds. The molecule has 0 bridgehead atoms. The van der Waals surface area contributed by atoms with Gasteiger partial charge in [-0.2, -0.15) is 0 Å². The number of nitrogens with zero attached hydrogens (tertiary/aromatic N) is 5. The predicted molar refractivity (Wildman–Crippen MR) is 122 cm³/mol. The first-order chi connectivity index (χ1) is 15.6. The molecular formula is C23H29N7O2. The molecule has 1 aromatic heterocycles. The van der Waals surface area contributed by atoms with Crippen molar-refractivity contribution < 1.29 is 9.59 Å². The van der Waals surface area contributed by atoms with Gasteiger partial charge < -0.3 is 15.5 Å². The SMILES string of the molecule is CNC(=O)c1ccc(NC2=NC=C3C(=NC4CCCC4C(=O)N3C)N2C2CCCC2)nc1. The van der Waals surface area contributed by atoms with E-state index in [-0.39, 0.29) is 29.8 Å². The van der Waals surface area contributed by atoms with Gasteiger partial charge >= 0.3 is 0 Å². The molecule has 1 aromatic rings. The number of likely N-dealkylation sites (N-methyl/N-ethyl adjacent to an activating group) is 1. The highest BCUT2D eigenvalue weighted by molar-refractivity contribution is 6.15. The van der Waals surface area contributed by atoms with Gasteiger partial charge in [-0.15, -0.1) is 0 Å². The second-order valence-electron chi connectivity index (χ2n) is 8.87. The number of hydrogen-bond donors (Lipinski definition) is 2. The molecule has 2 fully saturated rings. The minimum atomic E-state index is -0.175. The number of guanidine groups is 1. The normalized spacial score (nSPS) is 25.4. The number of aliphatic imine (C=N–C) groups is 2. The lowest BCUT2D eigenvalue weighted by molar-refractivity contribution is -0.132. The van der Waals surface area contributed by atoms with Gasteiger partial charge in [-0.3, -0.25) is 19.5 Å². The number of carbonyl (C=O) groups is 2. The van der Waals surface area contributed by atoms with Gasteiger partial charge in [-0.05, 0) is 37.8 Å². The Morgan fingerprint density at radius 1 is 1.12 bits per heavy atom. The van der Waals surface area contributed by atoms with Crippen LogP contribution in [-0.4, -0.2) is 64.6 Å². The van der Waals surface area contributed by atoms with Crippen molar-refractivity contribution in [2.45, 2.75) is 57.0 Å². The zero-order valence-corrected chi connectivity index (χ0v) is 18.5. The van der Waals surface area contributed by atoms with Crippen molar-refractivity contribution in [1.82, 2.24) is 20.1 Å². The Morgan fingerprint density at radius 2 is 1.94 bits per heavy atom. The van der Waals surface area contributed by atoms with E-state index in [1.165, 1.54) is 12.8 Å². The van der Waals surface area contributed by atoms with Crippen molar-refractivity contribution in [3.63, 3.8) is 0 Å². The molecule has 2 N–H and O–H groups in total. The first-order valence-electron chi connectivity index (χ1n) is 11.4. The molecule has 9 heteroatoms. The molecule has 2 unspecified atom stereocenters. The standard InChI is InChI=1S/C23H29N7O2/c1-24-21(31)14-10-11-19(25-12-14)28-23-26-13-18-20(30(23)15-6-3-4-7-15)27-17-9-5-8-16(17)22(32)29(18)2/h10-13,15-17H,3-9H2,1-2H3,(H,24,31)(H,25,26,28). The third kappa shape index (κ3) is 3.55. The van der Waals surface area contributed by atoms with Crippen LogP contribution < -0.4 is 10.6 Å². The fourth-order valence-electron chi connectivity index (χ4n) is 5.20. The molecule has 2 atom stereocenters. The molecule has 32 heavy (non-hydrogen) atoms. The fraction of sp³-hybridized carbons (Fsp3) is 0.522. The quantitative estimate of drug-likeness (QED) is 0.759. The minimum absolute atomic E-state index is 0.0269. The van der Waals surface area contributed by atoms with Crippen molar-refractivity contribution in [2.24, 2.45) is 15.9 Å². The molecule has 0 aromatic carbocycles. The van der Waals surface area contributed by atoms with Crippen LogP contribution in [0.25, 0.3) is 0 Å². The molecule has 0 saturated heterocycles. The van der Waals surface area contributed by atoms with Gasteiger partial charge in [0.15, 0.2) is 5.84 Å². The first-order valence-corrected chi connectivity index (χ1v) is 11.4. The Morgan fingerprint density at radius 3 is 2.66 bits per heavy atom. The zero-order valence-electron chi connectivity index (χ0n) is 18.5. The number of hydrogen-bond acceptors (Lipinski definition) is 7. The van der Waals surface area contributed by atoms with Crippen LogP contribution in [0.2, 0.25) is 0 Å². The van der Waals surface area contributed by atoms with Gasteiger partial charge in [0.1, 0.15) is 11.5 Å². The predicted octanol–water partition coefficient (Wildman–Crippen LogP) is 2.35. The molecule has 0 radical (unpaired) electrons. The molecule has 168 valence electrons. The van der Waals surface area contributed by atoms with E-state index in [4.69, 9.17) is 9.98 Å². The summed E-state index contributed by atoms with van der Waals surface area (Å²) in [6, 6.07) is 3.81. The van der Waals surface area contributed by atoms with Crippen molar-refractivity contribution in [3.8, 4) is 0 Å². The summed E-state index contributed by atoms with van der Waals surface area (Å²) < 4.78 is 0. The van der Waals surface area contributed by atoms with E-state index >= 15 is 0 Å². The number of fused-ring (bicyclic) bond motifs is 2. The minimum Gasteiger partial charge on any atom is -0.355 e. The smallest absolute Gasteiger partial charge is 0.252 e. The summed E-state index contributed by atoms with van der Waals surface area (Å²) in [7, 11) is 3.43. The molecule has 5 rings (SSSR count). The van der Waals surface area contributed by atoms with Crippen LogP contribution in [0.4, 0.5) is 5.82 Å². The van der Waals surface area contributed by atoms with Gasteiger partial charge in [0.25, 0.3) is 5.91 Å². The Labute approximate surface area is 187 Å². The highest BCUT2D eigenvalue weighted by atomic mass is 16.2. The van der Waals surface area contributed by atoms with E-state index in [1.54, 1.807) is 36.5 Å². The van der Waals surface area contributed by atoms with Crippen molar-refractivity contribution in [3.05, 3.63) is 35.8 Å². The maximum Gasteiger partial charge on any atom is 0.252 e. The van der Waals surface area contributed by atoms with Gasteiger partial charge in [0.2, 0.25) is 11.9 Å². The van der Waals surface area contributed by atoms with E-state index in [2.05, 4.69) is 20.5 Å². The summed E-state index contributed by atoms with van der Waals surface area (Å²) in [6.45, 7) is 0. The second kappa shape index (κ2) is 8.37. The lowest BCUT2D eigenvalue weighted by Gasteiger charge is -2.37. The number of carbonyl (C=O) groups excluding carboxylic acids is 2. The monoisotopic (exact) mass is 435 g/mol. The van der Waals surface area contributed by atoms with E-state index < -0.39 is 0 Å². The van der Waals surface area contributed by atoms with Gasteiger partial charge in [0.05, 0.1) is 23.7 Å². The summed E-state index contributed by atoms with van der Waals surface area (Å²) in [4.78, 5) is 43.1. The van der Waals surface area contributed by atoms with Crippen LogP contribution >= 0.6 is 0 Å². The number of amides is 2. The lowest BCUT2D eigenvalue weighted by atomic mass is 10.0. The van der Waals surface area contributed by atoms with Crippen LogP contribution in [0.1, 0.15) is 55.3 Å². The fourth-order valence-corrected chi connectivity index (χ4v) is 5.20. The van der Waals surface area contributed by atoms with Gasteiger partial charge in [-0.25, -0.2) is 9.98 Å². The molecule has 0 spiro atoms. The maximum atomic E-state index is 13.1. The topological polar surface area (TPSA) is 102 Å². The Kier molecular flexibility index (Phi) is 5.40. The van der Waals surface area contributed by atoms with Crippen molar-refractivity contribution >= 4 is 29.4 Å². The maximum absolute atomic E-state index is 13.1. The second-order valence-corrected chi connectivity index (χ2v) is 8.87. The molecule has 2 aliphatic heterocycles. The molecule has 2 aliphatic carbocycles. The lowest BCUT2D eigenvalue weighted by Crippen LogP contribution is -2.51. The van der Waals surface area contributed by atoms with Crippen molar-refractivity contribution in [2.75, 3.05) is 19.4 Å². The molecule has 2 saturated carbocycles. The van der Waals surface area contributed by atoms with Crippen LogP contribution in [0.5, 0.6) is 0 Å². The number of amidine groups is 1. The first kappa shape index (κ1) is 20.7. The average molecular weight is 436 g/mol. The summed E-state index contributed by atoms with van der Waals surface area (Å²) in [5.74, 6) is 2.03. The molecule has 3 heterocycles. The third-order valence-corrected chi connectivity index (χ3v) is 6.95.